The van der Waals surface area contributed by atoms with E-state index in [2.05, 4.69) is 5.92 Å². The van der Waals surface area contributed by atoms with Crippen molar-refractivity contribution in [3.05, 3.63) is 18.2 Å². The fourth-order valence-electron chi connectivity index (χ4n) is 3.03. The number of carbonyl (C=O) groups is 1. The smallest absolute Gasteiger partial charge is 0.310 e. The molecule has 2 aliphatic rings. The van der Waals surface area contributed by atoms with Gasteiger partial charge in [-0.3, -0.25) is 4.79 Å². The van der Waals surface area contributed by atoms with Crippen LogP contribution < -0.4 is 9.47 Å². The van der Waals surface area contributed by atoms with Crippen molar-refractivity contribution in [2.75, 3.05) is 26.3 Å². The molecule has 0 atom stereocenters. The zero-order valence-electron chi connectivity index (χ0n) is 15.4. The topological polar surface area (TPSA) is 82.1 Å². The molecule has 0 unspecified atom stereocenters. The Balaban J connectivity index is 1.67. The quantitative estimate of drug-likeness (QED) is 0.573. The van der Waals surface area contributed by atoms with Crippen molar-refractivity contribution in [3.63, 3.8) is 0 Å². The summed E-state index contributed by atoms with van der Waals surface area (Å²) < 4.78 is 43.4. The third kappa shape index (κ3) is 4.20. The summed E-state index contributed by atoms with van der Waals surface area (Å²) in [5.74, 6) is 2.65. The Morgan fingerprint density at radius 2 is 1.85 bits per heavy atom. The van der Waals surface area contributed by atoms with Crippen molar-refractivity contribution in [1.29, 1.82) is 0 Å². The number of piperidine rings is 1. The first-order valence-electron chi connectivity index (χ1n) is 8.83. The predicted octanol–water partition coefficient (Wildman–Crippen LogP) is 1.81. The number of terminal acetylenes is 1. The standard InChI is InChI=1S/C19H23NO6S/c1-4-19(2,3)26-18(21)14-7-9-20(10-8-14)27(22,23)15-5-6-16-17(13-15)25-12-11-24-16/h1,5-6,13-14H,7-12H2,2-3H3. The number of rotatable bonds is 4. The summed E-state index contributed by atoms with van der Waals surface area (Å²) in [6, 6.07) is 4.60. The number of fused-ring (bicyclic) bond motifs is 1. The molecular formula is C19H23NO6S. The van der Waals surface area contributed by atoms with Crippen molar-refractivity contribution < 1.29 is 27.4 Å². The van der Waals surface area contributed by atoms with Crippen molar-refractivity contribution in [2.24, 2.45) is 5.92 Å². The Labute approximate surface area is 159 Å². The molecule has 1 saturated heterocycles. The molecule has 27 heavy (non-hydrogen) atoms. The summed E-state index contributed by atoms with van der Waals surface area (Å²) in [7, 11) is -3.67. The molecule has 7 nitrogen and oxygen atoms in total. The van der Waals surface area contributed by atoms with E-state index in [0.29, 0.717) is 37.6 Å². The fourth-order valence-corrected chi connectivity index (χ4v) is 4.51. The molecule has 1 aromatic carbocycles. The van der Waals surface area contributed by atoms with Gasteiger partial charge in [0.1, 0.15) is 13.2 Å². The number of hydrogen-bond acceptors (Lipinski definition) is 6. The van der Waals surface area contributed by atoms with Crippen LogP contribution in [-0.2, 0) is 19.6 Å². The number of ether oxygens (including phenoxy) is 3. The van der Waals surface area contributed by atoms with Gasteiger partial charge in [-0.05, 0) is 38.8 Å². The molecule has 0 bridgehead atoms. The third-order valence-electron chi connectivity index (χ3n) is 4.64. The second-order valence-electron chi connectivity index (χ2n) is 7.06. The first-order valence-corrected chi connectivity index (χ1v) is 10.3. The number of benzene rings is 1. The van der Waals surface area contributed by atoms with E-state index in [1.165, 1.54) is 16.4 Å². The summed E-state index contributed by atoms with van der Waals surface area (Å²) >= 11 is 0. The van der Waals surface area contributed by atoms with E-state index >= 15 is 0 Å². The lowest BCUT2D eigenvalue weighted by molar-refractivity contribution is -0.158. The van der Waals surface area contributed by atoms with E-state index in [1.54, 1.807) is 19.9 Å². The maximum Gasteiger partial charge on any atom is 0.310 e. The normalized spacial score (nSPS) is 18.6. The lowest BCUT2D eigenvalue weighted by Gasteiger charge is -2.31. The second kappa shape index (κ2) is 7.41. The van der Waals surface area contributed by atoms with Crippen LogP contribution in [-0.4, -0.2) is 50.6 Å². The highest BCUT2D eigenvalue weighted by atomic mass is 32.2. The van der Waals surface area contributed by atoms with Crippen molar-refractivity contribution >= 4 is 16.0 Å². The van der Waals surface area contributed by atoms with E-state index in [0.717, 1.165) is 0 Å². The van der Waals surface area contributed by atoms with Gasteiger partial charge in [0.25, 0.3) is 0 Å². The molecule has 1 aromatic rings. The van der Waals surface area contributed by atoms with E-state index in [4.69, 9.17) is 20.6 Å². The van der Waals surface area contributed by atoms with Gasteiger partial charge in [0, 0.05) is 19.2 Å². The highest BCUT2D eigenvalue weighted by Crippen LogP contribution is 2.34. The van der Waals surface area contributed by atoms with Gasteiger partial charge in [0.2, 0.25) is 10.0 Å². The van der Waals surface area contributed by atoms with Gasteiger partial charge in [-0.25, -0.2) is 8.42 Å². The molecule has 8 heteroatoms. The van der Waals surface area contributed by atoms with Crippen molar-refractivity contribution in [3.8, 4) is 23.8 Å². The van der Waals surface area contributed by atoms with Crippen molar-refractivity contribution in [2.45, 2.75) is 37.2 Å². The van der Waals surface area contributed by atoms with Gasteiger partial charge in [-0.1, -0.05) is 5.92 Å². The Kier molecular flexibility index (Phi) is 5.36. The number of sulfonamides is 1. The fraction of sp³-hybridized carbons (Fsp3) is 0.526. The summed E-state index contributed by atoms with van der Waals surface area (Å²) in [5, 5.41) is 0. The van der Waals surface area contributed by atoms with Gasteiger partial charge in [-0.2, -0.15) is 4.31 Å². The largest absolute Gasteiger partial charge is 0.486 e. The van der Waals surface area contributed by atoms with Gasteiger partial charge in [-0.15, -0.1) is 6.42 Å². The minimum atomic E-state index is -3.67. The lowest BCUT2D eigenvalue weighted by Crippen LogP contribution is -2.41. The Morgan fingerprint density at radius 1 is 1.22 bits per heavy atom. The zero-order chi connectivity index (χ0) is 19.7. The summed E-state index contributed by atoms with van der Waals surface area (Å²) in [6.07, 6.45) is 6.13. The molecule has 0 saturated carbocycles. The van der Waals surface area contributed by atoms with Gasteiger partial charge >= 0.3 is 5.97 Å². The first kappa shape index (κ1) is 19.5. The lowest BCUT2D eigenvalue weighted by atomic mass is 9.98. The maximum atomic E-state index is 12.9. The van der Waals surface area contributed by atoms with Crippen LogP contribution in [0.5, 0.6) is 11.5 Å². The molecular weight excluding hydrogens is 370 g/mol. The predicted molar refractivity (Wildman–Crippen MR) is 97.9 cm³/mol. The van der Waals surface area contributed by atoms with E-state index in [-0.39, 0.29) is 29.9 Å². The van der Waals surface area contributed by atoms with Gasteiger partial charge < -0.3 is 14.2 Å². The summed E-state index contributed by atoms with van der Waals surface area (Å²) in [6.45, 7) is 4.61. The third-order valence-corrected chi connectivity index (χ3v) is 6.54. The number of hydrogen-bond donors (Lipinski definition) is 0. The van der Waals surface area contributed by atoms with E-state index in [9.17, 15) is 13.2 Å². The van der Waals surface area contributed by atoms with Crippen LogP contribution in [0, 0.1) is 18.3 Å². The maximum absolute atomic E-state index is 12.9. The Hall–Kier alpha value is -2.24. The average molecular weight is 393 g/mol. The molecule has 0 amide bonds. The second-order valence-corrected chi connectivity index (χ2v) is 9.00. The monoisotopic (exact) mass is 393 g/mol. The average Bonchev–Trinajstić information content (AvgIpc) is 2.67. The SMILES string of the molecule is C#CC(C)(C)OC(=O)C1CCN(S(=O)(=O)c2ccc3c(c2)OCCO3)CC1. The van der Waals surface area contributed by atoms with E-state index in [1.807, 2.05) is 0 Å². The van der Waals surface area contributed by atoms with Crippen molar-refractivity contribution in [1.82, 2.24) is 4.31 Å². The number of carbonyl (C=O) groups excluding carboxylic acids is 1. The molecule has 0 radical (unpaired) electrons. The van der Waals surface area contributed by atoms with Crippen LogP contribution in [0.3, 0.4) is 0 Å². The molecule has 1 fully saturated rings. The molecule has 0 N–H and O–H groups in total. The molecule has 2 aliphatic heterocycles. The van der Waals surface area contributed by atoms with Crippen LogP contribution >= 0.6 is 0 Å². The van der Waals surface area contributed by atoms with Crippen LogP contribution in [0.1, 0.15) is 26.7 Å². The molecule has 146 valence electrons. The Morgan fingerprint density at radius 3 is 2.48 bits per heavy atom. The molecule has 2 heterocycles. The van der Waals surface area contributed by atoms with Crippen LogP contribution in [0.25, 0.3) is 0 Å². The van der Waals surface area contributed by atoms with Gasteiger partial charge in [0.05, 0.1) is 10.8 Å². The number of esters is 1. The Bertz CT molecular complexity index is 863. The number of nitrogens with zero attached hydrogens (tertiary/aromatic N) is 1. The molecule has 0 aliphatic carbocycles. The van der Waals surface area contributed by atoms with Crippen LogP contribution in [0.15, 0.2) is 23.1 Å². The summed E-state index contributed by atoms with van der Waals surface area (Å²) in [4.78, 5) is 12.4. The van der Waals surface area contributed by atoms with E-state index < -0.39 is 15.6 Å². The highest BCUT2D eigenvalue weighted by Gasteiger charge is 2.35. The summed E-state index contributed by atoms with van der Waals surface area (Å²) in [5.41, 5.74) is -0.967. The highest BCUT2D eigenvalue weighted by molar-refractivity contribution is 7.89. The molecule has 0 aromatic heterocycles. The van der Waals surface area contributed by atoms with Crippen LogP contribution in [0.4, 0.5) is 0 Å². The zero-order valence-corrected chi connectivity index (χ0v) is 16.3. The minimum absolute atomic E-state index is 0.154. The molecule has 3 rings (SSSR count). The molecule has 0 spiro atoms. The minimum Gasteiger partial charge on any atom is -0.486 e. The first-order chi connectivity index (χ1) is 12.7. The van der Waals surface area contributed by atoms with Gasteiger partial charge in [0.15, 0.2) is 17.1 Å². The van der Waals surface area contributed by atoms with Crippen LogP contribution in [0.2, 0.25) is 0 Å².